The third kappa shape index (κ3) is 2.57. The first-order valence-corrected chi connectivity index (χ1v) is 6.74. The van der Waals surface area contributed by atoms with Crippen molar-refractivity contribution in [2.24, 2.45) is 17.6 Å². The summed E-state index contributed by atoms with van der Waals surface area (Å²) in [5.74, 6) is 1.62. The second kappa shape index (κ2) is 5.17. The third-order valence-electron chi connectivity index (χ3n) is 4.36. The topological polar surface area (TPSA) is 46.3 Å². The van der Waals surface area contributed by atoms with Crippen LogP contribution in [0.5, 0.6) is 0 Å². The maximum atomic E-state index is 11.7. The Morgan fingerprint density at radius 3 is 2.81 bits per heavy atom. The first kappa shape index (κ1) is 11.9. The Labute approximate surface area is 98.4 Å². The zero-order valence-corrected chi connectivity index (χ0v) is 10.3. The summed E-state index contributed by atoms with van der Waals surface area (Å²) in [7, 11) is 0. The van der Waals surface area contributed by atoms with Gasteiger partial charge < -0.3 is 10.6 Å². The number of likely N-dealkylation sites (tertiary alicyclic amines) is 1. The van der Waals surface area contributed by atoms with Crippen molar-refractivity contribution in [3.05, 3.63) is 0 Å². The number of carbonyl (C=O) groups is 1. The van der Waals surface area contributed by atoms with Gasteiger partial charge in [0, 0.05) is 25.6 Å². The van der Waals surface area contributed by atoms with E-state index in [1.807, 2.05) is 0 Å². The van der Waals surface area contributed by atoms with Gasteiger partial charge in [-0.1, -0.05) is 19.8 Å². The van der Waals surface area contributed by atoms with Gasteiger partial charge >= 0.3 is 0 Å². The summed E-state index contributed by atoms with van der Waals surface area (Å²) in [4.78, 5) is 13.8. The van der Waals surface area contributed by atoms with Crippen LogP contribution in [0, 0.1) is 11.8 Å². The Balaban J connectivity index is 1.75. The number of amides is 1. The molecule has 0 aromatic carbocycles. The van der Waals surface area contributed by atoms with Crippen molar-refractivity contribution in [2.75, 3.05) is 13.1 Å². The normalized spacial score (nSPS) is 35.0. The molecule has 1 heterocycles. The molecule has 3 unspecified atom stereocenters. The molecule has 0 radical (unpaired) electrons. The number of nitrogens with two attached hydrogens (primary N) is 1. The van der Waals surface area contributed by atoms with Gasteiger partial charge in [-0.05, 0) is 31.1 Å². The number of carbonyl (C=O) groups excluding carboxylic acids is 1. The summed E-state index contributed by atoms with van der Waals surface area (Å²) in [6.45, 7) is 4.10. The number of hydrogen-bond acceptors (Lipinski definition) is 2. The van der Waals surface area contributed by atoms with E-state index in [0.717, 1.165) is 32.4 Å². The number of nitrogens with zero attached hydrogens (tertiary/aromatic N) is 1. The van der Waals surface area contributed by atoms with Crippen LogP contribution in [-0.4, -0.2) is 29.9 Å². The Bertz CT molecular complexity index is 254. The Morgan fingerprint density at radius 1 is 1.44 bits per heavy atom. The number of rotatable bonds is 4. The molecule has 16 heavy (non-hydrogen) atoms. The molecule has 2 fully saturated rings. The second-order valence-electron chi connectivity index (χ2n) is 5.46. The van der Waals surface area contributed by atoms with E-state index in [9.17, 15) is 4.79 Å². The van der Waals surface area contributed by atoms with Crippen LogP contribution in [-0.2, 0) is 4.79 Å². The molecule has 1 aliphatic heterocycles. The minimum atomic E-state index is 0.360. The molecule has 3 nitrogen and oxygen atoms in total. The van der Waals surface area contributed by atoms with Gasteiger partial charge in [0.05, 0.1) is 0 Å². The van der Waals surface area contributed by atoms with E-state index in [2.05, 4.69) is 11.8 Å². The highest BCUT2D eigenvalue weighted by atomic mass is 16.2. The first-order valence-electron chi connectivity index (χ1n) is 6.74. The van der Waals surface area contributed by atoms with Gasteiger partial charge in [0.2, 0.25) is 5.91 Å². The summed E-state index contributed by atoms with van der Waals surface area (Å²) >= 11 is 0. The fraction of sp³-hybridized carbons (Fsp3) is 0.923. The molecule has 0 bridgehead atoms. The van der Waals surface area contributed by atoms with Crippen molar-refractivity contribution in [1.29, 1.82) is 0 Å². The molecular weight excluding hydrogens is 200 g/mol. The average Bonchev–Trinajstić information content (AvgIpc) is 2.82. The minimum Gasteiger partial charge on any atom is -0.342 e. The largest absolute Gasteiger partial charge is 0.342 e. The van der Waals surface area contributed by atoms with Crippen molar-refractivity contribution in [1.82, 2.24) is 4.90 Å². The van der Waals surface area contributed by atoms with Gasteiger partial charge in [-0.25, -0.2) is 0 Å². The van der Waals surface area contributed by atoms with Crippen LogP contribution < -0.4 is 5.73 Å². The SMILES string of the molecule is CCC1CC(=O)N(CCC2CCCC2N)C1. The third-order valence-corrected chi connectivity index (χ3v) is 4.36. The molecule has 2 rings (SSSR count). The summed E-state index contributed by atoms with van der Waals surface area (Å²) in [5, 5.41) is 0. The van der Waals surface area contributed by atoms with Crippen LogP contribution in [0.2, 0.25) is 0 Å². The van der Waals surface area contributed by atoms with Gasteiger partial charge in [0.25, 0.3) is 0 Å². The molecule has 1 saturated carbocycles. The zero-order chi connectivity index (χ0) is 11.5. The second-order valence-corrected chi connectivity index (χ2v) is 5.46. The first-order chi connectivity index (χ1) is 7.70. The van der Waals surface area contributed by atoms with Crippen LogP contribution in [0.25, 0.3) is 0 Å². The highest BCUT2D eigenvalue weighted by Gasteiger charge is 2.30. The quantitative estimate of drug-likeness (QED) is 0.791. The van der Waals surface area contributed by atoms with Gasteiger partial charge in [-0.15, -0.1) is 0 Å². The molecule has 2 aliphatic rings. The van der Waals surface area contributed by atoms with Crippen molar-refractivity contribution in [3.63, 3.8) is 0 Å². The maximum Gasteiger partial charge on any atom is 0.222 e. The van der Waals surface area contributed by atoms with Crippen LogP contribution in [0.15, 0.2) is 0 Å². The fourth-order valence-corrected chi connectivity index (χ4v) is 3.09. The lowest BCUT2D eigenvalue weighted by molar-refractivity contribution is -0.127. The Hall–Kier alpha value is -0.570. The highest BCUT2D eigenvalue weighted by Crippen LogP contribution is 2.28. The lowest BCUT2D eigenvalue weighted by atomic mass is 10.00. The molecule has 2 N–H and O–H groups in total. The van der Waals surface area contributed by atoms with E-state index >= 15 is 0 Å². The average molecular weight is 224 g/mol. The molecule has 92 valence electrons. The van der Waals surface area contributed by atoms with E-state index in [-0.39, 0.29) is 0 Å². The van der Waals surface area contributed by atoms with Gasteiger partial charge in [0.15, 0.2) is 0 Å². The van der Waals surface area contributed by atoms with Gasteiger partial charge in [-0.2, -0.15) is 0 Å². The summed E-state index contributed by atoms with van der Waals surface area (Å²) in [5.41, 5.74) is 6.05. The highest BCUT2D eigenvalue weighted by molar-refractivity contribution is 5.78. The van der Waals surface area contributed by atoms with Crippen molar-refractivity contribution < 1.29 is 4.79 Å². The molecule has 3 atom stereocenters. The smallest absolute Gasteiger partial charge is 0.222 e. The van der Waals surface area contributed by atoms with E-state index in [4.69, 9.17) is 5.73 Å². The predicted octanol–water partition coefficient (Wildman–Crippen LogP) is 1.76. The van der Waals surface area contributed by atoms with Crippen LogP contribution in [0.3, 0.4) is 0 Å². The molecule has 1 amide bonds. The van der Waals surface area contributed by atoms with Crippen LogP contribution in [0.4, 0.5) is 0 Å². The van der Waals surface area contributed by atoms with Crippen molar-refractivity contribution in [2.45, 2.75) is 51.5 Å². The molecular formula is C13H24N2O. The Morgan fingerprint density at radius 2 is 2.25 bits per heavy atom. The fourth-order valence-electron chi connectivity index (χ4n) is 3.09. The maximum absolute atomic E-state index is 11.7. The standard InChI is InChI=1S/C13H24N2O/c1-2-10-8-13(16)15(9-10)7-6-11-4-3-5-12(11)14/h10-12H,2-9,14H2,1H3. The summed E-state index contributed by atoms with van der Waals surface area (Å²) < 4.78 is 0. The van der Waals surface area contributed by atoms with E-state index in [1.54, 1.807) is 0 Å². The molecule has 1 aliphatic carbocycles. The molecule has 0 aromatic rings. The van der Waals surface area contributed by atoms with Crippen LogP contribution >= 0.6 is 0 Å². The van der Waals surface area contributed by atoms with Gasteiger partial charge in [-0.3, -0.25) is 4.79 Å². The van der Waals surface area contributed by atoms with Gasteiger partial charge in [0.1, 0.15) is 0 Å². The van der Waals surface area contributed by atoms with Crippen LogP contribution in [0.1, 0.15) is 45.4 Å². The minimum absolute atomic E-state index is 0.360. The molecule has 3 heteroatoms. The van der Waals surface area contributed by atoms with Crippen molar-refractivity contribution in [3.8, 4) is 0 Å². The summed E-state index contributed by atoms with van der Waals surface area (Å²) in [6.07, 6.45) is 6.73. The van der Waals surface area contributed by atoms with E-state index in [0.29, 0.717) is 23.8 Å². The molecule has 0 spiro atoms. The predicted molar refractivity (Wildman–Crippen MR) is 64.9 cm³/mol. The lowest BCUT2D eigenvalue weighted by Gasteiger charge is -2.21. The number of hydrogen-bond donors (Lipinski definition) is 1. The lowest BCUT2D eigenvalue weighted by Crippen LogP contribution is -2.31. The molecule has 0 aromatic heterocycles. The van der Waals surface area contributed by atoms with E-state index in [1.165, 1.54) is 19.3 Å². The van der Waals surface area contributed by atoms with E-state index < -0.39 is 0 Å². The monoisotopic (exact) mass is 224 g/mol. The summed E-state index contributed by atoms with van der Waals surface area (Å²) in [6, 6.07) is 0.389. The Kier molecular flexibility index (Phi) is 3.85. The zero-order valence-electron chi connectivity index (χ0n) is 10.3. The molecule has 1 saturated heterocycles. The van der Waals surface area contributed by atoms with Crippen molar-refractivity contribution >= 4 is 5.91 Å².